The molecular weight excluding hydrogens is 300 g/mol. The van der Waals surface area contributed by atoms with E-state index in [1.807, 2.05) is 24.5 Å². The van der Waals surface area contributed by atoms with Crippen LogP contribution < -0.4 is 4.90 Å². The molecule has 0 aliphatic carbocycles. The molecule has 124 valence electrons. The zero-order valence-corrected chi connectivity index (χ0v) is 13.7. The zero-order chi connectivity index (χ0) is 16.2. The topological polar surface area (TPSA) is 60.9 Å². The third kappa shape index (κ3) is 3.23. The van der Waals surface area contributed by atoms with E-state index in [0.717, 1.165) is 57.0 Å². The van der Waals surface area contributed by atoms with Gasteiger partial charge in [0, 0.05) is 56.1 Å². The van der Waals surface area contributed by atoms with Crippen LogP contribution in [0, 0.1) is 0 Å². The van der Waals surface area contributed by atoms with Gasteiger partial charge < -0.3 is 9.80 Å². The number of fused-ring (bicyclic) bond motifs is 1. The van der Waals surface area contributed by atoms with Gasteiger partial charge in [0.05, 0.1) is 5.52 Å². The Hall–Kier alpha value is -2.47. The van der Waals surface area contributed by atoms with E-state index >= 15 is 0 Å². The van der Waals surface area contributed by atoms with Gasteiger partial charge in [0.15, 0.2) is 0 Å². The minimum Gasteiger partial charge on any atom is -0.339 e. The monoisotopic (exact) mass is 322 g/mol. The van der Waals surface area contributed by atoms with Crippen molar-refractivity contribution in [3.8, 4) is 0 Å². The summed E-state index contributed by atoms with van der Waals surface area (Å²) in [5.74, 6) is 0.846. The highest BCUT2D eigenvalue weighted by molar-refractivity contribution is 5.81. The number of hydrogen-bond donors (Lipinski definition) is 1. The molecule has 3 heterocycles. The largest absolute Gasteiger partial charge is 0.339 e. The highest BCUT2D eigenvalue weighted by Gasteiger charge is 2.17. The van der Waals surface area contributed by atoms with Crippen LogP contribution in [0.1, 0.15) is 12.1 Å². The van der Waals surface area contributed by atoms with Crippen LogP contribution in [0.2, 0.25) is 0 Å². The van der Waals surface area contributed by atoms with Gasteiger partial charge in [-0.05, 0) is 25.1 Å². The van der Waals surface area contributed by atoms with Crippen LogP contribution in [-0.2, 0) is 6.42 Å². The predicted octanol–water partition coefficient (Wildman–Crippen LogP) is 2.11. The van der Waals surface area contributed by atoms with E-state index in [-0.39, 0.29) is 0 Å². The van der Waals surface area contributed by atoms with Crippen LogP contribution in [0.5, 0.6) is 0 Å². The number of nitrogens with one attached hydrogen (secondary N) is 1. The number of benzene rings is 1. The molecule has 0 spiro atoms. The lowest BCUT2D eigenvalue weighted by Gasteiger charge is -2.21. The molecule has 24 heavy (non-hydrogen) atoms. The van der Waals surface area contributed by atoms with Gasteiger partial charge in [0.2, 0.25) is 5.95 Å². The maximum Gasteiger partial charge on any atom is 0.225 e. The molecule has 1 aliphatic heterocycles. The van der Waals surface area contributed by atoms with Crippen LogP contribution in [0.25, 0.3) is 10.9 Å². The molecule has 1 aromatic carbocycles. The molecule has 1 aliphatic rings. The smallest absolute Gasteiger partial charge is 0.225 e. The minimum atomic E-state index is 0.846. The quantitative estimate of drug-likeness (QED) is 0.797. The van der Waals surface area contributed by atoms with Crippen LogP contribution in [-0.4, -0.2) is 57.8 Å². The third-order valence-corrected chi connectivity index (χ3v) is 4.64. The molecule has 0 saturated carbocycles. The fourth-order valence-corrected chi connectivity index (χ4v) is 3.32. The Morgan fingerprint density at radius 3 is 2.75 bits per heavy atom. The summed E-state index contributed by atoms with van der Waals surface area (Å²) >= 11 is 0. The summed E-state index contributed by atoms with van der Waals surface area (Å²) in [4.78, 5) is 13.6. The number of aromatic amines is 1. The first-order chi connectivity index (χ1) is 11.9. The van der Waals surface area contributed by atoms with Gasteiger partial charge >= 0.3 is 0 Å². The summed E-state index contributed by atoms with van der Waals surface area (Å²) in [5, 5.41) is 8.82. The molecule has 0 atom stereocenters. The molecule has 6 nitrogen and oxygen atoms in total. The van der Waals surface area contributed by atoms with Crippen molar-refractivity contribution < 1.29 is 0 Å². The molecule has 3 aromatic rings. The summed E-state index contributed by atoms with van der Waals surface area (Å²) in [6.07, 6.45) is 5.77. The number of hydrogen-bond acceptors (Lipinski definition) is 5. The summed E-state index contributed by atoms with van der Waals surface area (Å²) < 4.78 is 0. The van der Waals surface area contributed by atoms with Crippen molar-refractivity contribution in [1.82, 2.24) is 25.1 Å². The van der Waals surface area contributed by atoms with Gasteiger partial charge in [-0.1, -0.05) is 18.2 Å². The molecular formula is C18H22N6. The van der Waals surface area contributed by atoms with Crippen molar-refractivity contribution in [3.63, 3.8) is 0 Å². The van der Waals surface area contributed by atoms with Gasteiger partial charge in [-0.25, -0.2) is 9.97 Å². The van der Waals surface area contributed by atoms with E-state index in [1.54, 1.807) is 0 Å². The minimum absolute atomic E-state index is 0.846. The first-order valence-corrected chi connectivity index (χ1v) is 8.56. The van der Waals surface area contributed by atoms with Crippen molar-refractivity contribution in [3.05, 3.63) is 48.4 Å². The van der Waals surface area contributed by atoms with Crippen LogP contribution in [0.4, 0.5) is 5.95 Å². The van der Waals surface area contributed by atoms with Gasteiger partial charge in [-0.15, -0.1) is 0 Å². The van der Waals surface area contributed by atoms with E-state index in [1.165, 1.54) is 11.1 Å². The van der Waals surface area contributed by atoms with E-state index < -0.39 is 0 Å². The highest BCUT2D eigenvalue weighted by atomic mass is 15.3. The van der Waals surface area contributed by atoms with Crippen LogP contribution >= 0.6 is 0 Å². The molecule has 2 aromatic heterocycles. The molecule has 0 radical (unpaired) electrons. The predicted molar refractivity (Wildman–Crippen MR) is 95.1 cm³/mol. The van der Waals surface area contributed by atoms with E-state index in [4.69, 9.17) is 0 Å². The van der Waals surface area contributed by atoms with Crippen LogP contribution in [0.3, 0.4) is 0 Å². The fraction of sp³-hybridized carbons (Fsp3) is 0.389. The zero-order valence-electron chi connectivity index (χ0n) is 13.7. The Morgan fingerprint density at radius 1 is 0.958 bits per heavy atom. The Bertz CT molecular complexity index is 784. The Labute approximate surface area is 141 Å². The summed E-state index contributed by atoms with van der Waals surface area (Å²) in [5.41, 5.74) is 2.29. The molecule has 1 saturated heterocycles. The number of aromatic nitrogens is 4. The maximum atomic E-state index is 4.38. The van der Waals surface area contributed by atoms with Gasteiger partial charge in [-0.3, -0.25) is 5.10 Å². The number of rotatable bonds is 4. The van der Waals surface area contributed by atoms with Crippen molar-refractivity contribution >= 4 is 16.9 Å². The lowest BCUT2D eigenvalue weighted by molar-refractivity contribution is 0.296. The molecule has 0 bridgehead atoms. The highest BCUT2D eigenvalue weighted by Crippen LogP contribution is 2.16. The Morgan fingerprint density at radius 2 is 1.83 bits per heavy atom. The lowest BCUT2D eigenvalue weighted by atomic mass is 10.1. The average molecular weight is 322 g/mol. The van der Waals surface area contributed by atoms with Crippen molar-refractivity contribution in [2.24, 2.45) is 0 Å². The van der Waals surface area contributed by atoms with Crippen molar-refractivity contribution in [1.29, 1.82) is 0 Å². The van der Waals surface area contributed by atoms with Crippen molar-refractivity contribution in [2.45, 2.75) is 12.8 Å². The molecule has 0 amide bonds. The normalized spacial score (nSPS) is 16.4. The Balaban J connectivity index is 1.36. The molecule has 1 N–H and O–H groups in total. The lowest BCUT2D eigenvalue weighted by Crippen LogP contribution is -2.32. The maximum absolute atomic E-state index is 4.38. The number of nitrogens with zero attached hydrogens (tertiary/aromatic N) is 5. The molecule has 0 unspecified atom stereocenters. The standard InChI is InChI=1S/C18H22N6/c1-2-6-16-15(5-1)17(22-21-16)7-12-23-10-4-11-24(14-13-23)18-19-8-3-9-20-18/h1-3,5-6,8-9H,4,7,10-14H2,(H,21,22). The molecule has 4 rings (SSSR count). The van der Waals surface area contributed by atoms with Crippen molar-refractivity contribution in [2.75, 3.05) is 37.6 Å². The SMILES string of the molecule is c1cnc(N2CCCN(CCc3[nH]nc4ccccc34)CC2)nc1. The number of H-pyrrole nitrogens is 1. The number of para-hydroxylation sites is 1. The molecule has 1 fully saturated rings. The first-order valence-electron chi connectivity index (χ1n) is 8.56. The molecule has 6 heteroatoms. The van der Waals surface area contributed by atoms with Crippen LogP contribution in [0.15, 0.2) is 42.7 Å². The van der Waals surface area contributed by atoms with E-state index in [9.17, 15) is 0 Å². The third-order valence-electron chi connectivity index (χ3n) is 4.64. The Kier molecular flexibility index (Phi) is 4.38. The second-order valence-corrected chi connectivity index (χ2v) is 6.20. The van der Waals surface area contributed by atoms with Gasteiger partial charge in [-0.2, -0.15) is 5.10 Å². The first kappa shape index (κ1) is 15.1. The van der Waals surface area contributed by atoms with Gasteiger partial charge in [0.1, 0.15) is 0 Å². The second kappa shape index (κ2) is 6.97. The van der Waals surface area contributed by atoms with Gasteiger partial charge in [0.25, 0.3) is 0 Å². The van der Waals surface area contributed by atoms with E-state index in [2.05, 4.69) is 48.2 Å². The number of anilines is 1. The summed E-state index contributed by atoms with van der Waals surface area (Å²) in [6.45, 7) is 5.22. The second-order valence-electron chi connectivity index (χ2n) is 6.20. The van der Waals surface area contributed by atoms with E-state index in [0.29, 0.717) is 0 Å². The average Bonchev–Trinajstić information content (AvgIpc) is 2.90. The fourth-order valence-electron chi connectivity index (χ4n) is 3.32. The summed E-state index contributed by atoms with van der Waals surface area (Å²) in [6, 6.07) is 10.2. The summed E-state index contributed by atoms with van der Waals surface area (Å²) in [7, 11) is 0.